The third-order valence-electron chi connectivity index (χ3n) is 2.43. The molecule has 2 aliphatic heterocycles. The fraction of sp³-hybridized carbons (Fsp3) is 0.778. The van der Waals surface area contributed by atoms with Crippen LogP contribution in [0.15, 0.2) is 12.2 Å². The van der Waals surface area contributed by atoms with E-state index in [1.807, 2.05) is 19.1 Å². The molecule has 13 heavy (non-hydrogen) atoms. The lowest BCUT2D eigenvalue weighted by Gasteiger charge is -2.29. The Bertz CT molecular complexity index is 216. The van der Waals surface area contributed by atoms with Gasteiger partial charge < -0.3 is 19.3 Å². The van der Waals surface area contributed by atoms with Gasteiger partial charge >= 0.3 is 0 Å². The van der Waals surface area contributed by atoms with E-state index in [2.05, 4.69) is 0 Å². The predicted octanol–water partition coefficient (Wildman–Crippen LogP) is 0.0621. The molecule has 0 aromatic heterocycles. The fourth-order valence-corrected chi connectivity index (χ4v) is 1.69. The quantitative estimate of drug-likeness (QED) is 0.489. The number of fused-ring (bicyclic) bond motifs is 1. The van der Waals surface area contributed by atoms with E-state index in [1.165, 1.54) is 0 Å². The lowest BCUT2D eigenvalue weighted by atomic mass is 10.0. The third kappa shape index (κ3) is 1.50. The molecule has 0 spiro atoms. The van der Waals surface area contributed by atoms with Crippen molar-refractivity contribution < 1.29 is 19.3 Å². The predicted molar refractivity (Wildman–Crippen MR) is 45.2 cm³/mol. The topological polar surface area (TPSA) is 51.2 Å². The highest BCUT2D eigenvalue weighted by Crippen LogP contribution is 2.36. The van der Waals surface area contributed by atoms with Crippen molar-refractivity contribution in [3.8, 4) is 0 Å². The number of aliphatic hydroxyl groups is 1. The van der Waals surface area contributed by atoms with Crippen molar-refractivity contribution in [2.45, 2.75) is 37.6 Å². The van der Waals surface area contributed by atoms with Gasteiger partial charge in [-0.25, -0.2) is 0 Å². The van der Waals surface area contributed by atoms with E-state index in [9.17, 15) is 5.11 Å². The molecule has 0 bridgehead atoms. The zero-order valence-electron chi connectivity index (χ0n) is 7.71. The van der Waals surface area contributed by atoms with Gasteiger partial charge in [-0.3, -0.25) is 0 Å². The maximum absolute atomic E-state index is 9.71. The maximum atomic E-state index is 9.71. The number of epoxide rings is 1. The normalized spacial score (nSPS) is 49.3. The van der Waals surface area contributed by atoms with Gasteiger partial charge in [-0.05, 0) is 6.92 Å². The molecule has 4 unspecified atom stereocenters. The van der Waals surface area contributed by atoms with E-state index in [0.29, 0.717) is 0 Å². The summed E-state index contributed by atoms with van der Waals surface area (Å²) in [7, 11) is 1.57. The summed E-state index contributed by atoms with van der Waals surface area (Å²) in [6, 6.07) is 0. The Morgan fingerprint density at radius 3 is 2.77 bits per heavy atom. The van der Waals surface area contributed by atoms with Crippen LogP contribution < -0.4 is 0 Å². The van der Waals surface area contributed by atoms with Crippen LogP contribution in [0.4, 0.5) is 0 Å². The first-order valence-electron chi connectivity index (χ1n) is 4.42. The van der Waals surface area contributed by atoms with Gasteiger partial charge in [-0.15, -0.1) is 0 Å². The zero-order valence-corrected chi connectivity index (χ0v) is 7.71. The van der Waals surface area contributed by atoms with Crippen molar-refractivity contribution in [3.05, 3.63) is 12.2 Å². The van der Waals surface area contributed by atoms with E-state index in [0.717, 1.165) is 0 Å². The molecule has 1 N–H and O–H groups in total. The van der Waals surface area contributed by atoms with Gasteiger partial charge in [0.15, 0.2) is 6.29 Å². The molecule has 4 nitrogen and oxygen atoms in total. The first-order valence-corrected chi connectivity index (χ1v) is 4.42. The molecule has 2 rings (SSSR count). The van der Waals surface area contributed by atoms with E-state index in [-0.39, 0.29) is 24.6 Å². The molecule has 0 aliphatic carbocycles. The van der Waals surface area contributed by atoms with Crippen LogP contribution in [0.5, 0.6) is 0 Å². The Kier molecular flexibility index (Phi) is 2.38. The van der Waals surface area contributed by atoms with Crippen molar-refractivity contribution in [1.82, 2.24) is 0 Å². The molecular formula is C9H14O4. The minimum Gasteiger partial charge on any atom is -0.387 e. The van der Waals surface area contributed by atoms with Gasteiger partial charge in [-0.1, -0.05) is 12.2 Å². The first kappa shape index (κ1) is 9.15. The van der Waals surface area contributed by atoms with Crippen molar-refractivity contribution in [2.75, 3.05) is 7.11 Å². The average Bonchev–Trinajstić information content (AvgIpc) is 2.85. The Morgan fingerprint density at radius 2 is 2.15 bits per heavy atom. The molecule has 2 saturated heterocycles. The molecule has 0 saturated carbocycles. The second-order valence-corrected chi connectivity index (χ2v) is 3.29. The Balaban J connectivity index is 2.07. The number of methoxy groups -OCH3 is 1. The molecule has 5 atom stereocenters. The van der Waals surface area contributed by atoms with Crippen LogP contribution >= 0.6 is 0 Å². The number of rotatable bonds is 2. The molecular weight excluding hydrogens is 172 g/mol. The van der Waals surface area contributed by atoms with Crippen LogP contribution in [0.2, 0.25) is 0 Å². The second-order valence-electron chi connectivity index (χ2n) is 3.29. The van der Waals surface area contributed by atoms with Gasteiger partial charge in [0.25, 0.3) is 0 Å². The van der Waals surface area contributed by atoms with Crippen LogP contribution in [-0.4, -0.2) is 42.9 Å². The monoisotopic (exact) mass is 186 g/mol. The minimum absolute atomic E-state index is 0.188. The lowest BCUT2D eigenvalue weighted by molar-refractivity contribution is -0.125. The number of aliphatic hydroxyl groups excluding tert-OH is 1. The van der Waals surface area contributed by atoms with Crippen LogP contribution in [-0.2, 0) is 14.2 Å². The number of ether oxygens (including phenoxy) is 3. The van der Waals surface area contributed by atoms with Crippen molar-refractivity contribution in [1.29, 1.82) is 0 Å². The minimum atomic E-state index is -0.579. The molecule has 0 radical (unpaired) electrons. The number of hydrogen-bond donors (Lipinski definition) is 1. The summed E-state index contributed by atoms with van der Waals surface area (Å²) in [5, 5.41) is 9.71. The van der Waals surface area contributed by atoms with Crippen LogP contribution in [0.1, 0.15) is 6.92 Å². The molecule has 0 aromatic carbocycles. The average molecular weight is 186 g/mol. The highest BCUT2D eigenvalue weighted by atomic mass is 16.8. The van der Waals surface area contributed by atoms with E-state index < -0.39 is 6.10 Å². The van der Waals surface area contributed by atoms with Gasteiger partial charge in [0.05, 0.1) is 0 Å². The summed E-state index contributed by atoms with van der Waals surface area (Å²) in [6.45, 7) is 1.91. The van der Waals surface area contributed by atoms with Crippen LogP contribution in [0.25, 0.3) is 0 Å². The summed E-state index contributed by atoms with van der Waals surface area (Å²) >= 11 is 0. The Hall–Kier alpha value is -0.420. The molecule has 2 heterocycles. The molecule has 0 amide bonds. The maximum Gasteiger partial charge on any atom is 0.188 e. The highest BCUT2D eigenvalue weighted by molar-refractivity contribution is 5.04. The molecule has 0 aromatic rings. The van der Waals surface area contributed by atoms with Crippen LogP contribution in [0, 0.1) is 0 Å². The summed E-state index contributed by atoms with van der Waals surface area (Å²) < 4.78 is 15.8. The Labute approximate surface area is 77.1 Å². The van der Waals surface area contributed by atoms with Gasteiger partial charge in [0, 0.05) is 7.11 Å². The molecule has 4 heteroatoms. The van der Waals surface area contributed by atoms with E-state index in [1.54, 1.807) is 7.11 Å². The Morgan fingerprint density at radius 1 is 1.38 bits per heavy atom. The van der Waals surface area contributed by atoms with Crippen LogP contribution in [0.3, 0.4) is 0 Å². The summed E-state index contributed by atoms with van der Waals surface area (Å²) in [5.74, 6) is 0. The number of hydrogen-bond acceptors (Lipinski definition) is 4. The van der Waals surface area contributed by atoms with Gasteiger partial charge in [0.1, 0.15) is 24.4 Å². The number of allylic oxidation sites excluding steroid dienone is 1. The highest BCUT2D eigenvalue weighted by Gasteiger charge is 2.56. The zero-order chi connectivity index (χ0) is 9.42. The van der Waals surface area contributed by atoms with Crippen molar-refractivity contribution in [2.24, 2.45) is 0 Å². The van der Waals surface area contributed by atoms with Gasteiger partial charge in [-0.2, -0.15) is 0 Å². The fourth-order valence-electron chi connectivity index (χ4n) is 1.69. The van der Waals surface area contributed by atoms with Crippen molar-refractivity contribution >= 4 is 0 Å². The van der Waals surface area contributed by atoms with E-state index in [4.69, 9.17) is 14.2 Å². The molecule has 74 valence electrons. The summed E-state index contributed by atoms with van der Waals surface area (Å²) in [4.78, 5) is 0. The SMILES string of the molecule is C/C=C\[C@@H]1OC2OC2C(O)C1OC. The van der Waals surface area contributed by atoms with Gasteiger partial charge in [0.2, 0.25) is 0 Å². The summed E-state index contributed by atoms with van der Waals surface area (Å²) in [5.41, 5.74) is 0. The molecule has 2 aliphatic rings. The first-order chi connectivity index (χ1) is 6.27. The second kappa shape index (κ2) is 3.38. The smallest absolute Gasteiger partial charge is 0.188 e. The lowest BCUT2D eigenvalue weighted by Crippen LogP contribution is -2.47. The van der Waals surface area contributed by atoms with E-state index >= 15 is 0 Å². The van der Waals surface area contributed by atoms with Crippen molar-refractivity contribution in [3.63, 3.8) is 0 Å². The standard InChI is InChI=1S/C9H14O4/c1-3-4-5-7(11-2)6(10)8-9(12-5)13-8/h3-10H,1-2H3/b4-3-/t5-,6?,7?,8?,9?/m0/s1. The third-order valence-corrected chi connectivity index (χ3v) is 2.43. The molecule has 2 fully saturated rings. The summed E-state index contributed by atoms with van der Waals surface area (Å²) in [6.07, 6.45) is 2.23. The largest absolute Gasteiger partial charge is 0.387 e.